The zero-order valence-electron chi connectivity index (χ0n) is 17.2. The maximum atomic E-state index is 13.0. The van der Waals surface area contributed by atoms with E-state index >= 15 is 0 Å². The molecule has 0 fully saturated rings. The second-order valence-corrected chi connectivity index (χ2v) is 7.82. The molecule has 4 heterocycles. The van der Waals surface area contributed by atoms with Crippen LogP contribution in [-0.2, 0) is 12.7 Å². The molecular weight excluding hydrogens is 469 g/mol. The van der Waals surface area contributed by atoms with Gasteiger partial charge in [0.1, 0.15) is 0 Å². The summed E-state index contributed by atoms with van der Waals surface area (Å²) in [6.45, 7) is -0.120. The molecule has 5 rings (SSSR count). The monoisotopic (exact) mass is 482 g/mol. The normalized spacial score (nSPS) is 11.8. The molecule has 0 saturated heterocycles. The number of alkyl halides is 3. The Bertz CT molecular complexity index is 1530. The quantitative estimate of drug-likeness (QED) is 0.370. The van der Waals surface area contributed by atoms with Crippen LogP contribution in [0.3, 0.4) is 0 Å². The lowest BCUT2D eigenvalue weighted by Crippen LogP contribution is -2.23. The van der Waals surface area contributed by atoms with Gasteiger partial charge in [-0.05, 0) is 47.5 Å². The van der Waals surface area contributed by atoms with Crippen molar-refractivity contribution in [2.45, 2.75) is 12.7 Å². The third-order valence-electron chi connectivity index (χ3n) is 5.20. The van der Waals surface area contributed by atoms with Crippen molar-refractivity contribution in [1.29, 1.82) is 0 Å². The van der Waals surface area contributed by atoms with E-state index in [4.69, 9.17) is 11.6 Å². The van der Waals surface area contributed by atoms with E-state index in [1.54, 1.807) is 30.7 Å². The molecule has 0 saturated carbocycles. The second-order valence-electron chi connectivity index (χ2n) is 7.39. The van der Waals surface area contributed by atoms with Gasteiger partial charge in [0.05, 0.1) is 24.0 Å². The number of nitrogens with zero attached hydrogens (tertiary/aromatic N) is 6. The minimum atomic E-state index is -4.49. The molecule has 0 aliphatic carbocycles. The predicted octanol–water partition coefficient (Wildman–Crippen LogP) is 4.74. The van der Waals surface area contributed by atoms with Crippen LogP contribution in [0.4, 0.5) is 13.2 Å². The maximum Gasteiger partial charge on any atom is 0.417 e. The molecule has 0 unspecified atom stereocenters. The van der Waals surface area contributed by atoms with Gasteiger partial charge >= 0.3 is 11.9 Å². The molecule has 34 heavy (non-hydrogen) atoms. The number of aromatic nitrogens is 6. The van der Waals surface area contributed by atoms with Gasteiger partial charge in [0.15, 0.2) is 5.65 Å². The highest BCUT2D eigenvalue weighted by Crippen LogP contribution is 2.34. The van der Waals surface area contributed by atoms with Crippen LogP contribution in [0.5, 0.6) is 0 Å². The van der Waals surface area contributed by atoms with Crippen LogP contribution in [0, 0.1) is 0 Å². The van der Waals surface area contributed by atoms with Crippen molar-refractivity contribution in [2.75, 3.05) is 0 Å². The zero-order chi connectivity index (χ0) is 23.9. The standard InChI is InChI=1S/C23H14ClF3N6O/c24-17-4-1-15(2-5-17)20-19(14-7-9-28-10-8-14)12-30-33-21(20)31-32(22(33)34)13-18-6-3-16(11-29-18)23(25,26)27/h1-12H,13H2. The number of halogens is 4. The van der Waals surface area contributed by atoms with Crippen LogP contribution >= 0.6 is 11.6 Å². The van der Waals surface area contributed by atoms with Crippen LogP contribution in [0.15, 0.2) is 78.1 Å². The number of fused-ring (bicyclic) bond motifs is 1. The van der Waals surface area contributed by atoms with Gasteiger partial charge in [-0.3, -0.25) is 9.97 Å². The van der Waals surface area contributed by atoms with Crippen molar-refractivity contribution in [3.8, 4) is 22.3 Å². The zero-order valence-corrected chi connectivity index (χ0v) is 18.0. The molecule has 0 aliphatic rings. The van der Waals surface area contributed by atoms with E-state index in [-0.39, 0.29) is 17.9 Å². The topological polar surface area (TPSA) is 78.0 Å². The maximum absolute atomic E-state index is 13.0. The van der Waals surface area contributed by atoms with Crippen molar-refractivity contribution in [1.82, 2.24) is 29.4 Å². The van der Waals surface area contributed by atoms with Gasteiger partial charge in [-0.1, -0.05) is 23.7 Å². The van der Waals surface area contributed by atoms with Gasteiger partial charge in [0.2, 0.25) is 0 Å². The molecule has 0 N–H and O–H groups in total. The molecule has 4 aromatic heterocycles. The fourth-order valence-corrected chi connectivity index (χ4v) is 3.68. The lowest BCUT2D eigenvalue weighted by molar-refractivity contribution is -0.137. The van der Waals surface area contributed by atoms with Crippen LogP contribution in [0.25, 0.3) is 27.9 Å². The first-order valence-electron chi connectivity index (χ1n) is 9.98. The first kappa shape index (κ1) is 21.8. The summed E-state index contributed by atoms with van der Waals surface area (Å²) in [6.07, 6.45) is 1.09. The lowest BCUT2D eigenvalue weighted by Gasteiger charge is -2.10. The van der Waals surface area contributed by atoms with Gasteiger partial charge in [-0.15, -0.1) is 5.10 Å². The molecule has 0 atom stereocenters. The first-order valence-corrected chi connectivity index (χ1v) is 10.4. The number of rotatable bonds is 4. The van der Waals surface area contributed by atoms with Crippen molar-refractivity contribution < 1.29 is 13.2 Å². The van der Waals surface area contributed by atoms with E-state index in [0.29, 0.717) is 10.6 Å². The highest BCUT2D eigenvalue weighted by molar-refractivity contribution is 6.30. The average molecular weight is 483 g/mol. The predicted molar refractivity (Wildman–Crippen MR) is 119 cm³/mol. The number of pyridine rings is 2. The summed E-state index contributed by atoms with van der Waals surface area (Å²) in [4.78, 5) is 20.9. The number of hydrogen-bond acceptors (Lipinski definition) is 5. The molecule has 7 nitrogen and oxygen atoms in total. The van der Waals surface area contributed by atoms with Crippen LogP contribution < -0.4 is 5.69 Å². The summed E-state index contributed by atoms with van der Waals surface area (Å²) >= 11 is 6.06. The Morgan fingerprint density at radius 2 is 1.65 bits per heavy atom. The van der Waals surface area contributed by atoms with E-state index in [1.165, 1.54) is 6.07 Å². The molecule has 0 amide bonds. The van der Waals surface area contributed by atoms with Crippen molar-refractivity contribution in [2.24, 2.45) is 0 Å². The highest BCUT2D eigenvalue weighted by Gasteiger charge is 2.30. The van der Waals surface area contributed by atoms with E-state index < -0.39 is 17.4 Å². The fourth-order valence-electron chi connectivity index (χ4n) is 3.55. The van der Waals surface area contributed by atoms with E-state index in [9.17, 15) is 18.0 Å². The minimum absolute atomic E-state index is 0.120. The van der Waals surface area contributed by atoms with Gasteiger partial charge in [0, 0.05) is 34.7 Å². The Hall–Kier alpha value is -4.05. The molecule has 1 aromatic carbocycles. The molecule has 5 aromatic rings. The van der Waals surface area contributed by atoms with Gasteiger partial charge < -0.3 is 0 Å². The fraction of sp³-hybridized carbons (Fsp3) is 0.0870. The van der Waals surface area contributed by atoms with Crippen molar-refractivity contribution in [3.63, 3.8) is 0 Å². The van der Waals surface area contributed by atoms with Crippen LogP contribution in [0.1, 0.15) is 11.3 Å². The van der Waals surface area contributed by atoms with Crippen LogP contribution in [0.2, 0.25) is 5.02 Å². The summed E-state index contributed by atoms with van der Waals surface area (Å²) in [6, 6.07) is 12.8. The Balaban J connectivity index is 1.65. The molecule has 11 heteroatoms. The molecule has 0 radical (unpaired) electrons. The molecule has 0 aliphatic heterocycles. The molecular formula is C23H14ClF3N6O. The first-order chi connectivity index (χ1) is 16.3. The highest BCUT2D eigenvalue weighted by atomic mass is 35.5. The van der Waals surface area contributed by atoms with Gasteiger partial charge in [0.25, 0.3) is 0 Å². The number of benzene rings is 1. The molecule has 170 valence electrons. The SMILES string of the molecule is O=c1n(Cc2ccc(C(F)(F)F)cn2)nc2c(-c3ccc(Cl)cc3)c(-c3ccncc3)cnn12. The summed E-state index contributed by atoms with van der Waals surface area (Å²) in [5.41, 5.74) is 2.07. The summed E-state index contributed by atoms with van der Waals surface area (Å²) < 4.78 is 40.8. The lowest BCUT2D eigenvalue weighted by atomic mass is 9.98. The Kier molecular flexibility index (Phi) is 5.37. The molecule has 0 bridgehead atoms. The minimum Gasteiger partial charge on any atom is -0.265 e. The average Bonchev–Trinajstić information content (AvgIpc) is 3.14. The Morgan fingerprint density at radius 1 is 0.912 bits per heavy atom. The van der Waals surface area contributed by atoms with Gasteiger partial charge in [-0.2, -0.15) is 22.8 Å². The van der Waals surface area contributed by atoms with Crippen molar-refractivity contribution in [3.05, 3.63) is 100 Å². The van der Waals surface area contributed by atoms with Crippen LogP contribution in [-0.4, -0.2) is 29.4 Å². The number of hydrogen-bond donors (Lipinski definition) is 0. The summed E-state index contributed by atoms with van der Waals surface area (Å²) in [5, 5.41) is 9.28. The van der Waals surface area contributed by atoms with E-state index in [0.717, 1.165) is 38.2 Å². The second kappa shape index (κ2) is 8.38. The molecule has 0 spiro atoms. The van der Waals surface area contributed by atoms with E-state index in [2.05, 4.69) is 20.2 Å². The Morgan fingerprint density at radius 3 is 2.29 bits per heavy atom. The smallest absolute Gasteiger partial charge is 0.265 e. The Labute approximate surface area is 195 Å². The largest absolute Gasteiger partial charge is 0.417 e. The third kappa shape index (κ3) is 4.03. The van der Waals surface area contributed by atoms with E-state index in [1.807, 2.05) is 24.3 Å². The summed E-state index contributed by atoms with van der Waals surface area (Å²) in [5.74, 6) is 0. The van der Waals surface area contributed by atoms with Gasteiger partial charge in [-0.25, -0.2) is 9.48 Å². The third-order valence-corrected chi connectivity index (χ3v) is 5.45. The van der Waals surface area contributed by atoms with Crippen molar-refractivity contribution >= 4 is 17.2 Å². The summed E-state index contributed by atoms with van der Waals surface area (Å²) in [7, 11) is 0.